The number of carbonyl (C=O) groups is 1. The Labute approximate surface area is 185 Å². The van der Waals surface area contributed by atoms with Gasteiger partial charge < -0.3 is 24.4 Å². The minimum atomic E-state index is -0.206. The first-order chi connectivity index (χ1) is 15.1. The number of amides is 1. The van der Waals surface area contributed by atoms with E-state index in [1.807, 2.05) is 39.0 Å². The van der Waals surface area contributed by atoms with Gasteiger partial charge in [0.05, 0.1) is 31.2 Å². The molecule has 1 fully saturated rings. The van der Waals surface area contributed by atoms with E-state index in [1.54, 1.807) is 12.1 Å². The second-order valence-corrected chi connectivity index (χ2v) is 7.74. The maximum atomic E-state index is 13.2. The number of anilines is 2. The Morgan fingerprint density at radius 1 is 0.968 bits per heavy atom. The van der Waals surface area contributed by atoms with Crippen LogP contribution in [0, 0.1) is 5.92 Å². The van der Waals surface area contributed by atoms with E-state index in [-0.39, 0.29) is 5.91 Å². The lowest BCUT2D eigenvalue weighted by Crippen LogP contribution is -2.33. The highest BCUT2D eigenvalue weighted by atomic mass is 16.5. The third-order valence-corrected chi connectivity index (χ3v) is 5.45. The number of ether oxygens (including phenoxy) is 3. The van der Waals surface area contributed by atoms with Crippen LogP contribution in [-0.4, -0.2) is 38.8 Å². The summed E-state index contributed by atoms with van der Waals surface area (Å²) in [7, 11) is 0. The summed E-state index contributed by atoms with van der Waals surface area (Å²) in [6.07, 6.45) is 2.33. The van der Waals surface area contributed by atoms with E-state index in [9.17, 15) is 4.79 Å². The van der Waals surface area contributed by atoms with E-state index in [4.69, 9.17) is 14.2 Å². The quantitative estimate of drug-likeness (QED) is 0.584. The van der Waals surface area contributed by atoms with Gasteiger partial charge in [0.15, 0.2) is 11.5 Å². The highest BCUT2D eigenvalue weighted by Gasteiger charge is 2.21. The average Bonchev–Trinajstić information content (AvgIpc) is 2.77. The van der Waals surface area contributed by atoms with Gasteiger partial charge in [0.2, 0.25) is 5.75 Å². The molecule has 0 bridgehead atoms. The summed E-state index contributed by atoms with van der Waals surface area (Å²) >= 11 is 0. The van der Waals surface area contributed by atoms with E-state index in [0.29, 0.717) is 42.6 Å². The van der Waals surface area contributed by atoms with Crippen molar-refractivity contribution < 1.29 is 19.0 Å². The molecule has 0 aliphatic carbocycles. The predicted molar refractivity (Wildman–Crippen MR) is 125 cm³/mol. The van der Waals surface area contributed by atoms with Crippen LogP contribution in [0.2, 0.25) is 0 Å². The van der Waals surface area contributed by atoms with Crippen molar-refractivity contribution in [3.8, 4) is 17.2 Å². The first-order valence-corrected chi connectivity index (χ1v) is 11.3. The van der Waals surface area contributed by atoms with Crippen LogP contribution in [0.5, 0.6) is 17.2 Å². The van der Waals surface area contributed by atoms with Crippen LogP contribution in [0.4, 0.5) is 11.4 Å². The van der Waals surface area contributed by atoms with Gasteiger partial charge in [-0.05, 0) is 63.8 Å². The Hall–Kier alpha value is -2.89. The maximum Gasteiger partial charge on any atom is 0.255 e. The number of rotatable bonds is 9. The number of benzene rings is 2. The fourth-order valence-electron chi connectivity index (χ4n) is 3.82. The number of nitrogens with one attached hydrogen (secondary N) is 1. The standard InChI is InChI=1S/C25H34N2O4/c1-5-29-22-16-19(17-23(30-6-2)24(22)31-7-3)25(28)26-20-10-8-9-11-21(20)27-14-12-18(4)13-15-27/h8-11,16-18H,5-7,12-15H2,1-4H3,(H,26,28). The number of nitrogens with zero attached hydrogens (tertiary/aromatic N) is 1. The van der Waals surface area contributed by atoms with Crippen LogP contribution in [0.25, 0.3) is 0 Å². The lowest BCUT2D eigenvalue weighted by atomic mass is 9.98. The van der Waals surface area contributed by atoms with E-state index in [0.717, 1.165) is 43.2 Å². The van der Waals surface area contributed by atoms with Gasteiger partial charge >= 0.3 is 0 Å². The largest absolute Gasteiger partial charge is 0.490 e. The van der Waals surface area contributed by atoms with Gasteiger partial charge in [0.25, 0.3) is 5.91 Å². The summed E-state index contributed by atoms with van der Waals surface area (Å²) in [6, 6.07) is 11.4. The van der Waals surface area contributed by atoms with Gasteiger partial charge in [0.1, 0.15) is 0 Å². The number of hydrogen-bond acceptors (Lipinski definition) is 5. The molecule has 0 aromatic heterocycles. The summed E-state index contributed by atoms with van der Waals surface area (Å²) in [6.45, 7) is 11.4. The van der Waals surface area contributed by atoms with Crippen LogP contribution in [0.1, 0.15) is 50.9 Å². The molecule has 3 rings (SSSR count). The molecular formula is C25H34N2O4. The fourth-order valence-corrected chi connectivity index (χ4v) is 3.82. The average molecular weight is 427 g/mol. The SMILES string of the molecule is CCOc1cc(C(=O)Nc2ccccc2N2CCC(C)CC2)cc(OCC)c1OCC. The summed E-state index contributed by atoms with van der Waals surface area (Å²) in [5, 5.41) is 3.09. The van der Waals surface area contributed by atoms with E-state index in [1.165, 1.54) is 0 Å². The topological polar surface area (TPSA) is 60.0 Å². The molecular weight excluding hydrogens is 392 g/mol. The van der Waals surface area contributed by atoms with Crippen LogP contribution in [0.15, 0.2) is 36.4 Å². The van der Waals surface area contributed by atoms with Crippen LogP contribution in [0.3, 0.4) is 0 Å². The van der Waals surface area contributed by atoms with Crippen molar-refractivity contribution in [1.82, 2.24) is 0 Å². The molecule has 31 heavy (non-hydrogen) atoms. The zero-order valence-electron chi connectivity index (χ0n) is 19.1. The Balaban J connectivity index is 1.88. The summed E-state index contributed by atoms with van der Waals surface area (Å²) in [4.78, 5) is 15.6. The molecule has 1 saturated heterocycles. The zero-order chi connectivity index (χ0) is 22.2. The summed E-state index contributed by atoms with van der Waals surface area (Å²) in [5.74, 6) is 2.10. The number of para-hydroxylation sites is 2. The molecule has 6 nitrogen and oxygen atoms in total. The highest BCUT2D eigenvalue weighted by Crippen LogP contribution is 2.39. The van der Waals surface area contributed by atoms with Crippen molar-refractivity contribution in [3.63, 3.8) is 0 Å². The molecule has 6 heteroatoms. The molecule has 0 spiro atoms. The predicted octanol–water partition coefficient (Wildman–Crippen LogP) is 5.37. The molecule has 1 N–H and O–H groups in total. The molecule has 1 aliphatic rings. The Morgan fingerprint density at radius 2 is 1.55 bits per heavy atom. The van der Waals surface area contributed by atoms with Crippen molar-refractivity contribution in [2.24, 2.45) is 5.92 Å². The van der Waals surface area contributed by atoms with E-state index >= 15 is 0 Å². The number of piperidine rings is 1. The molecule has 2 aromatic rings. The van der Waals surface area contributed by atoms with Crippen LogP contribution in [-0.2, 0) is 0 Å². The summed E-state index contributed by atoms with van der Waals surface area (Å²) in [5.41, 5.74) is 2.34. The molecule has 1 amide bonds. The Kier molecular flexibility index (Phi) is 8.04. The first kappa shape index (κ1) is 22.8. The third-order valence-electron chi connectivity index (χ3n) is 5.45. The first-order valence-electron chi connectivity index (χ1n) is 11.3. The van der Waals surface area contributed by atoms with Crippen LogP contribution < -0.4 is 24.4 Å². The molecule has 0 atom stereocenters. The minimum Gasteiger partial charge on any atom is -0.490 e. The molecule has 0 saturated carbocycles. The monoisotopic (exact) mass is 426 g/mol. The van der Waals surface area contributed by atoms with Crippen molar-refractivity contribution in [2.45, 2.75) is 40.5 Å². The molecule has 168 valence electrons. The maximum absolute atomic E-state index is 13.2. The van der Waals surface area contributed by atoms with Gasteiger partial charge in [-0.3, -0.25) is 4.79 Å². The number of carbonyl (C=O) groups excluding carboxylic acids is 1. The highest BCUT2D eigenvalue weighted by molar-refractivity contribution is 6.06. The Bertz CT molecular complexity index is 849. The normalized spacial score (nSPS) is 14.3. The third kappa shape index (κ3) is 5.63. The van der Waals surface area contributed by atoms with E-state index < -0.39 is 0 Å². The fraction of sp³-hybridized carbons (Fsp3) is 0.480. The van der Waals surface area contributed by atoms with Gasteiger partial charge in [-0.25, -0.2) is 0 Å². The van der Waals surface area contributed by atoms with Crippen molar-refractivity contribution in [3.05, 3.63) is 42.0 Å². The molecule has 1 aliphatic heterocycles. The zero-order valence-corrected chi connectivity index (χ0v) is 19.1. The van der Waals surface area contributed by atoms with E-state index in [2.05, 4.69) is 23.2 Å². The second-order valence-electron chi connectivity index (χ2n) is 7.74. The lowest BCUT2D eigenvalue weighted by molar-refractivity contribution is 0.102. The van der Waals surface area contributed by atoms with Gasteiger partial charge in [0, 0.05) is 18.7 Å². The second kappa shape index (κ2) is 10.9. The molecule has 0 radical (unpaired) electrons. The van der Waals surface area contributed by atoms with Crippen molar-refractivity contribution in [2.75, 3.05) is 43.1 Å². The smallest absolute Gasteiger partial charge is 0.255 e. The van der Waals surface area contributed by atoms with Crippen molar-refractivity contribution in [1.29, 1.82) is 0 Å². The van der Waals surface area contributed by atoms with Gasteiger partial charge in [-0.1, -0.05) is 19.1 Å². The summed E-state index contributed by atoms with van der Waals surface area (Å²) < 4.78 is 17.3. The molecule has 0 unspecified atom stereocenters. The molecule has 1 heterocycles. The molecule has 2 aromatic carbocycles. The number of hydrogen-bond donors (Lipinski definition) is 1. The van der Waals surface area contributed by atoms with Gasteiger partial charge in [-0.2, -0.15) is 0 Å². The van der Waals surface area contributed by atoms with Gasteiger partial charge in [-0.15, -0.1) is 0 Å². The van der Waals surface area contributed by atoms with Crippen molar-refractivity contribution >= 4 is 17.3 Å². The minimum absolute atomic E-state index is 0.206. The lowest BCUT2D eigenvalue weighted by Gasteiger charge is -2.33. The van der Waals surface area contributed by atoms with Crippen LogP contribution >= 0.6 is 0 Å². The Morgan fingerprint density at radius 3 is 2.13 bits per heavy atom.